The lowest BCUT2D eigenvalue weighted by Crippen LogP contribution is -2.54. The average Bonchev–Trinajstić information content (AvgIpc) is 3.35. The fourth-order valence-corrected chi connectivity index (χ4v) is 3.43. The molecule has 3 heterocycles. The van der Waals surface area contributed by atoms with Crippen molar-refractivity contribution in [3.8, 4) is 11.4 Å². The van der Waals surface area contributed by atoms with Crippen molar-refractivity contribution < 1.29 is 32.0 Å². The maximum Gasteiger partial charge on any atom is 0.471 e. The minimum Gasteiger partial charge on any atom is -0.377 e. The lowest BCUT2D eigenvalue weighted by atomic mass is 10.1. The first kappa shape index (κ1) is 24.1. The quantitative estimate of drug-likeness (QED) is 0.538. The van der Waals surface area contributed by atoms with Gasteiger partial charge in [-0.3, -0.25) is 19.0 Å². The van der Waals surface area contributed by atoms with Gasteiger partial charge in [-0.1, -0.05) is 17.3 Å². The van der Waals surface area contributed by atoms with Gasteiger partial charge in [-0.05, 0) is 12.1 Å². The van der Waals surface area contributed by atoms with Crippen molar-refractivity contribution in [3.05, 3.63) is 64.7 Å². The van der Waals surface area contributed by atoms with E-state index in [0.717, 1.165) is 0 Å². The number of alkyl halides is 3. The molecule has 35 heavy (non-hydrogen) atoms. The molecule has 0 unspecified atom stereocenters. The second-order valence-corrected chi connectivity index (χ2v) is 7.57. The van der Waals surface area contributed by atoms with E-state index in [0.29, 0.717) is 13.2 Å². The molecule has 0 bridgehead atoms. The normalized spacial score (nSPS) is 16.2. The predicted molar refractivity (Wildman–Crippen MR) is 112 cm³/mol. The number of carbonyl (C=O) groups is 2. The summed E-state index contributed by atoms with van der Waals surface area (Å²) in [7, 11) is 0. The third kappa shape index (κ3) is 5.71. The molecule has 1 aliphatic heterocycles. The molecule has 0 spiro atoms. The van der Waals surface area contributed by atoms with Crippen LogP contribution in [0.4, 0.5) is 13.2 Å². The fourth-order valence-electron chi connectivity index (χ4n) is 3.43. The Hall–Kier alpha value is -4.07. The summed E-state index contributed by atoms with van der Waals surface area (Å²) in [6.07, 6.45) is -2.14. The molecule has 2 amide bonds. The van der Waals surface area contributed by atoms with Crippen molar-refractivity contribution in [1.82, 2.24) is 29.9 Å². The van der Waals surface area contributed by atoms with Gasteiger partial charge in [0.2, 0.25) is 11.7 Å². The Morgan fingerprint density at radius 2 is 1.94 bits per heavy atom. The van der Waals surface area contributed by atoms with E-state index < -0.39 is 24.0 Å². The topological polar surface area (TPSA) is 132 Å². The first-order valence-corrected chi connectivity index (χ1v) is 10.4. The van der Waals surface area contributed by atoms with E-state index in [4.69, 9.17) is 4.74 Å². The van der Waals surface area contributed by atoms with Gasteiger partial charge in [-0.25, -0.2) is 4.98 Å². The standard InChI is InChI=1S/C21H19F3N6O5/c22-21(23,24)20-27-18(28-35-20)13-1-3-14(4-2-13)19(33)26-9-15-11-34-8-7-30(15)17(32)10-29-12-25-6-5-16(29)31/h1-6,12,15H,7-11H2,(H,26,33)/t15-/m0/s1. The van der Waals surface area contributed by atoms with E-state index in [1.165, 1.54) is 47.4 Å². The molecule has 1 atom stereocenters. The van der Waals surface area contributed by atoms with Gasteiger partial charge in [0.05, 0.1) is 25.6 Å². The first-order valence-electron chi connectivity index (χ1n) is 10.4. The zero-order chi connectivity index (χ0) is 25.0. The monoisotopic (exact) mass is 492 g/mol. The molecule has 11 nitrogen and oxygen atoms in total. The van der Waals surface area contributed by atoms with Crippen LogP contribution in [-0.2, 0) is 22.3 Å². The van der Waals surface area contributed by atoms with E-state index in [9.17, 15) is 27.6 Å². The van der Waals surface area contributed by atoms with Crippen LogP contribution in [0.3, 0.4) is 0 Å². The number of nitrogens with one attached hydrogen (secondary N) is 1. The van der Waals surface area contributed by atoms with Gasteiger partial charge in [0.1, 0.15) is 6.54 Å². The number of aromatic nitrogens is 4. The number of rotatable bonds is 6. The van der Waals surface area contributed by atoms with Crippen LogP contribution in [0.5, 0.6) is 0 Å². The molecular formula is C21H19F3N6O5. The van der Waals surface area contributed by atoms with Crippen LogP contribution >= 0.6 is 0 Å². The highest BCUT2D eigenvalue weighted by Gasteiger charge is 2.38. The summed E-state index contributed by atoms with van der Waals surface area (Å²) in [6.45, 7) is 0.727. The molecular weight excluding hydrogens is 473 g/mol. The summed E-state index contributed by atoms with van der Waals surface area (Å²) in [5.41, 5.74) is 0.124. The Morgan fingerprint density at radius 3 is 2.63 bits per heavy atom. The lowest BCUT2D eigenvalue weighted by molar-refractivity contribution is -0.159. The molecule has 0 aliphatic carbocycles. The van der Waals surface area contributed by atoms with Crippen molar-refractivity contribution in [2.75, 3.05) is 26.3 Å². The smallest absolute Gasteiger partial charge is 0.377 e. The van der Waals surface area contributed by atoms with Gasteiger partial charge in [-0.15, -0.1) is 0 Å². The predicted octanol–water partition coefficient (Wildman–Crippen LogP) is 0.970. The molecule has 1 fully saturated rings. The van der Waals surface area contributed by atoms with Crippen molar-refractivity contribution in [2.24, 2.45) is 0 Å². The molecule has 4 rings (SSSR count). The molecule has 1 aromatic carbocycles. The van der Waals surface area contributed by atoms with E-state index in [2.05, 4.69) is 25.0 Å². The largest absolute Gasteiger partial charge is 0.471 e. The van der Waals surface area contributed by atoms with Crippen LogP contribution in [0.15, 0.2) is 52.2 Å². The number of amides is 2. The van der Waals surface area contributed by atoms with Gasteiger partial charge in [0.15, 0.2) is 0 Å². The summed E-state index contributed by atoms with van der Waals surface area (Å²) in [5, 5.41) is 6.02. The maximum absolute atomic E-state index is 12.8. The Balaban J connectivity index is 1.37. The Kier molecular flexibility index (Phi) is 6.91. The van der Waals surface area contributed by atoms with Gasteiger partial charge in [-0.2, -0.15) is 18.2 Å². The van der Waals surface area contributed by atoms with Gasteiger partial charge < -0.3 is 19.5 Å². The zero-order valence-corrected chi connectivity index (χ0v) is 18.1. The first-order chi connectivity index (χ1) is 16.7. The molecule has 2 aromatic heterocycles. The summed E-state index contributed by atoms with van der Waals surface area (Å²) in [5.74, 6) is -2.49. The molecule has 3 aromatic rings. The van der Waals surface area contributed by atoms with Crippen molar-refractivity contribution >= 4 is 11.8 Å². The van der Waals surface area contributed by atoms with Crippen LogP contribution in [0.25, 0.3) is 11.4 Å². The van der Waals surface area contributed by atoms with Crippen molar-refractivity contribution in [3.63, 3.8) is 0 Å². The number of benzene rings is 1. The highest BCUT2D eigenvalue weighted by molar-refractivity contribution is 5.94. The van der Waals surface area contributed by atoms with E-state index in [-0.39, 0.29) is 48.1 Å². The van der Waals surface area contributed by atoms with E-state index >= 15 is 0 Å². The van der Waals surface area contributed by atoms with Crippen molar-refractivity contribution in [2.45, 2.75) is 18.8 Å². The van der Waals surface area contributed by atoms with Crippen molar-refractivity contribution in [1.29, 1.82) is 0 Å². The molecule has 0 radical (unpaired) electrons. The number of carbonyl (C=O) groups excluding carboxylic acids is 2. The Morgan fingerprint density at radius 1 is 1.17 bits per heavy atom. The number of ether oxygens (including phenoxy) is 1. The lowest BCUT2D eigenvalue weighted by Gasteiger charge is -2.35. The summed E-state index contributed by atoms with van der Waals surface area (Å²) in [4.78, 5) is 45.9. The second kappa shape index (κ2) is 10.0. The van der Waals surface area contributed by atoms with Gasteiger partial charge >= 0.3 is 12.1 Å². The SMILES string of the molecule is O=C(NC[C@H]1COCCN1C(=O)Cn1cnccc1=O)c1ccc(-c2noc(C(F)(F)F)n2)cc1. The molecule has 1 saturated heterocycles. The number of morpholine rings is 1. The second-order valence-electron chi connectivity index (χ2n) is 7.57. The molecule has 1 aliphatic rings. The van der Waals surface area contributed by atoms with E-state index in [1.807, 2.05) is 0 Å². The number of hydrogen-bond acceptors (Lipinski definition) is 8. The molecule has 14 heteroatoms. The third-order valence-corrected chi connectivity index (χ3v) is 5.22. The minimum absolute atomic E-state index is 0.0913. The molecule has 1 N–H and O–H groups in total. The summed E-state index contributed by atoms with van der Waals surface area (Å²) < 4.78 is 48.7. The number of halogens is 3. The van der Waals surface area contributed by atoms with Crippen LogP contribution in [-0.4, -0.2) is 68.8 Å². The average molecular weight is 492 g/mol. The Labute approximate surface area is 195 Å². The third-order valence-electron chi connectivity index (χ3n) is 5.22. The van der Waals surface area contributed by atoms with Crippen LogP contribution < -0.4 is 10.9 Å². The van der Waals surface area contributed by atoms with Crippen LogP contribution in [0.2, 0.25) is 0 Å². The number of hydrogen-bond donors (Lipinski definition) is 1. The zero-order valence-electron chi connectivity index (χ0n) is 18.1. The highest BCUT2D eigenvalue weighted by Crippen LogP contribution is 2.29. The van der Waals surface area contributed by atoms with E-state index in [1.54, 1.807) is 4.90 Å². The Bertz CT molecular complexity index is 1260. The summed E-state index contributed by atoms with van der Waals surface area (Å²) >= 11 is 0. The summed E-state index contributed by atoms with van der Waals surface area (Å²) in [6, 6.07) is 6.40. The fraction of sp³-hybridized carbons (Fsp3) is 0.333. The van der Waals surface area contributed by atoms with Gasteiger partial charge in [0, 0.05) is 36.5 Å². The minimum atomic E-state index is -4.75. The van der Waals surface area contributed by atoms with Gasteiger partial charge in [0.25, 0.3) is 11.5 Å². The highest BCUT2D eigenvalue weighted by atomic mass is 19.4. The van der Waals surface area contributed by atoms with Crippen LogP contribution in [0, 0.1) is 0 Å². The van der Waals surface area contributed by atoms with Crippen LogP contribution in [0.1, 0.15) is 16.2 Å². The maximum atomic E-state index is 12.8. The molecule has 0 saturated carbocycles. The molecule has 184 valence electrons. The number of nitrogens with zero attached hydrogens (tertiary/aromatic N) is 5.